The monoisotopic (exact) mass is 284 g/mol. The van der Waals surface area contributed by atoms with E-state index in [9.17, 15) is 9.13 Å². The molecule has 0 aromatic heterocycles. The van der Waals surface area contributed by atoms with Crippen LogP contribution in [0.1, 0.15) is 20.8 Å². The normalized spacial score (nSPS) is 13.5. The van der Waals surface area contributed by atoms with Crippen LogP contribution in [-0.4, -0.2) is 69.7 Å². The van der Waals surface area contributed by atoms with Crippen molar-refractivity contribution in [2.45, 2.75) is 20.8 Å². The van der Waals surface area contributed by atoms with E-state index in [4.69, 9.17) is 9.79 Å². The second-order valence-electron chi connectivity index (χ2n) is 2.85. The Morgan fingerprint density at radius 2 is 1.07 bits per heavy atom. The van der Waals surface area contributed by atoms with Crippen LogP contribution in [0, 0.1) is 0 Å². The molecule has 15 heavy (non-hydrogen) atoms. The summed E-state index contributed by atoms with van der Waals surface area (Å²) >= 11 is 0. The minimum absolute atomic E-state index is 0. The van der Waals surface area contributed by atoms with Crippen LogP contribution in [0.15, 0.2) is 0 Å². The molecule has 82 valence electrons. The molecule has 4 nitrogen and oxygen atoms in total. The molecule has 2 N–H and O–H groups in total. The van der Waals surface area contributed by atoms with Crippen molar-refractivity contribution in [1.82, 2.24) is 0 Å². The van der Waals surface area contributed by atoms with E-state index in [0.717, 1.165) is 0 Å². The maximum atomic E-state index is 10.5. The van der Waals surface area contributed by atoms with E-state index in [1.54, 1.807) is 20.8 Å². The molecule has 0 saturated carbocycles. The summed E-state index contributed by atoms with van der Waals surface area (Å²) in [7, 11) is -5.30. The van der Waals surface area contributed by atoms with E-state index in [1.165, 1.54) is 6.66 Å². The predicted molar refractivity (Wildman–Crippen MR) is 68.7 cm³/mol. The SMILES string of the molecule is CCP(=O)(O)CC.CCP(C)(=O)O.[Al+3].[Al+3]. The van der Waals surface area contributed by atoms with Crippen LogP contribution in [0.4, 0.5) is 0 Å². The van der Waals surface area contributed by atoms with Crippen molar-refractivity contribution >= 4 is 49.5 Å². The van der Waals surface area contributed by atoms with Crippen LogP contribution in [0.25, 0.3) is 0 Å². The third kappa shape index (κ3) is 25.6. The van der Waals surface area contributed by atoms with Gasteiger partial charge in [-0.2, -0.15) is 0 Å². The summed E-state index contributed by atoms with van der Waals surface area (Å²) in [4.78, 5) is 17.1. The zero-order valence-corrected chi connectivity index (χ0v) is 14.0. The molecule has 0 fully saturated rings. The van der Waals surface area contributed by atoms with E-state index < -0.39 is 14.7 Å². The first-order valence-corrected chi connectivity index (χ1v) is 8.60. The Labute approximate surface area is 114 Å². The molecule has 8 heteroatoms. The Kier molecular flexibility index (Phi) is 20.1. The molecule has 1 atom stereocenters. The molecule has 0 rings (SSSR count). The molecule has 0 aliphatic heterocycles. The molecule has 0 aliphatic carbocycles. The quantitative estimate of drug-likeness (QED) is 0.607. The molecular weight excluding hydrogens is 264 g/mol. The third-order valence-electron chi connectivity index (χ3n) is 1.58. The first-order valence-electron chi connectivity index (χ1n) is 4.28. The van der Waals surface area contributed by atoms with Gasteiger partial charge < -0.3 is 9.79 Å². The summed E-state index contributed by atoms with van der Waals surface area (Å²) in [6.45, 7) is 6.50. The van der Waals surface area contributed by atoms with Crippen molar-refractivity contribution in [3.63, 3.8) is 0 Å². The number of hydrogen-bond acceptors (Lipinski definition) is 2. The Morgan fingerprint density at radius 3 is 1.07 bits per heavy atom. The summed E-state index contributed by atoms with van der Waals surface area (Å²) in [5, 5.41) is 0. The molecule has 0 spiro atoms. The van der Waals surface area contributed by atoms with E-state index in [2.05, 4.69) is 0 Å². The third-order valence-corrected chi connectivity index (χ3v) is 4.73. The first-order chi connectivity index (χ1) is 5.68. The zero-order valence-electron chi connectivity index (χ0n) is 9.88. The smallest absolute Gasteiger partial charge is 0.344 e. The molecule has 0 amide bonds. The Balaban J connectivity index is -0.0000000718. The summed E-state index contributed by atoms with van der Waals surface area (Å²) in [6, 6.07) is 0. The van der Waals surface area contributed by atoms with Gasteiger partial charge in [-0.25, -0.2) is 0 Å². The Hall–Kier alpha value is 1.44. The average molecular weight is 284 g/mol. The predicted octanol–water partition coefficient (Wildman–Crippen LogP) is 1.44. The van der Waals surface area contributed by atoms with Gasteiger partial charge in [0.25, 0.3) is 0 Å². The van der Waals surface area contributed by atoms with E-state index >= 15 is 0 Å². The minimum Gasteiger partial charge on any atom is -0.344 e. The maximum absolute atomic E-state index is 10.5. The van der Waals surface area contributed by atoms with Crippen molar-refractivity contribution in [3.05, 3.63) is 0 Å². The molecule has 0 aliphatic rings. The van der Waals surface area contributed by atoms with Crippen LogP contribution in [0.2, 0.25) is 0 Å². The van der Waals surface area contributed by atoms with Crippen molar-refractivity contribution in [2.24, 2.45) is 0 Å². The fraction of sp³-hybridized carbons (Fsp3) is 1.00. The van der Waals surface area contributed by atoms with Gasteiger partial charge in [-0.05, 0) is 0 Å². The fourth-order valence-electron chi connectivity index (χ4n) is 0.224. The molecule has 1 unspecified atom stereocenters. The van der Waals surface area contributed by atoms with E-state index in [1.807, 2.05) is 0 Å². The van der Waals surface area contributed by atoms with E-state index in [-0.39, 0.29) is 34.7 Å². The molecular formula is C7H20Al2O4P2+6. The fourth-order valence-corrected chi connectivity index (χ4v) is 0.671. The molecule has 0 radical (unpaired) electrons. The molecule has 0 aromatic carbocycles. The maximum Gasteiger partial charge on any atom is 3.00 e. The topological polar surface area (TPSA) is 74.6 Å². The standard InChI is InChI=1S/C4H11O2P.C3H9O2P.2Al/c1-3-7(5,6)4-2;1-3-6(2,4)5;;/h3-4H2,1-2H3,(H,5,6);3H2,1-2H3,(H,4,5);;/q;;2*+3. The summed E-state index contributed by atoms with van der Waals surface area (Å²) in [5.41, 5.74) is 0. The second kappa shape index (κ2) is 11.9. The number of rotatable bonds is 3. The van der Waals surface area contributed by atoms with Crippen LogP contribution in [-0.2, 0) is 9.13 Å². The summed E-state index contributed by atoms with van der Waals surface area (Å²) < 4.78 is 20.6. The Morgan fingerprint density at radius 1 is 0.867 bits per heavy atom. The van der Waals surface area contributed by atoms with Crippen LogP contribution in [0.3, 0.4) is 0 Å². The molecule has 0 heterocycles. The van der Waals surface area contributed by atoms with Gasteiger partial charge in [-0.1, -0.05) is 20.8 Å². The van der Waals surface area contributed by atoms with Gasteiger partial charge in [0.15, 0.2) is 14.7 Å². The van der Waals surface area contributed by atoms with Crippen LogP contribution < -0.4 is 0 Å². The minimum atomic E-state index is -2.65. The van der Waals surface area contributed by atoms with Crippen molar-refractivity contribution in [1.29, 1.82) is 0 Å². The van der Waals surface area contributed by atoms with E-state index in [0.29, 0.717) is 18.5 Å². The molecule has 0 bridgehead atoms. The van der Waals surface area contributed by atoms with Gasteiger partial charge in [-0.3, -0.25) is 9.13 Å². The molecule has 0 saturated heterocycles. The summed E-state index contributed by atoms with van der Waals surface area (Å²) in [6.07, 6.45) is 1.19. The first kappa shape index (κ1) is 25.3. The second-order valence-corrected chi connectivity index (χ2v) is 8.54. The summed E-state index contributed by atoms with van der Waals surface area (Å²) in [5.74, 6) is 0. The van der Waals surface area contributed by atoms with Crippen molar-refractivity contribution in [2.75, 3.05) is 25.2 Å². The van der Waals surface area contributed by atoms with Gasteiger partial charge in [0.2, 0.25) is 0 Å². The van der Waals surface area contributed by atoms with Gasteiger partial charge in [0.05, 0.1) is 0 Å². The van der Waals surface area contributed by atoms with Gasteiger partial charge in [0.1, 0.15) is 0 Å². The van der Waals surface area contributed by atoms with Crippen LogP contribution >= 0.6 is 14.7 Å². The largest absolute Gasteiger partial charge is 3.00 e. The van der Waals surface area contributed by atoms with Gasteiger partial charge >= 0.3 is 34.7 Å². The van der Waals surface area contributed by atoms with Gasteiger partial charge in [0, 0.05) is 25.2 Å². The van der Waals surface area contributed by atoms with Crippen LogP contribution in [0.5, 0.6) is 0 Å². The Bertz CT molecular complexity index is 209. The van der Waals surface area contributed by atoms with Gasteiger partial charge in [-0.15, -0.1) is 0 Å². The zero-order chi connectivity index (χ0) is 11.1. The van der Waals surface area contributed by atoms with Crippen molar-refractivity contribution < 1.29 is 18.9 Å². The number of hydrogen-bond donors (Lipinski definition) is 2. The molecule has 0 aromatic rings. The average Bonchev–Trinajstić information content (AvgIpc) is 2.04. The van der Waals surface area contributed by atoms with Crippen molar-refractivity contribution in [3.8, 4) is 0 Å².